The SMILES string of the molecule is COC1(OCCO)C=CC(Cl)=CC1NC(=S)Nc1ccc(NC(C)=O)cc1. The summed E-state index contributed by atoms with van der Waals surface area (Å²) in [5.41, 5.74) is 1.43. The molecule has 0 radical (unpaired) electrons. The van der Waals surface area contributed by atoms with Crippen LogP contribution in [0.25, 0.3) is 0 Å². The number of methoxy groups -OCH3 is 1. The smallest absolute Gasteiger partial charge is 0.221 e. The molecule has 2 atom stereocenters. The van der Waals surface area contributed by atoms with Crippen molar-refractivity contribution in [1.82, 2.24) is 5.32 Å². The van der Waals surface area contributed by atoms with Gasteiger partial charge >= 0.3 is 0 Å². The van der Waals surface area contributed by atoms with Crippen molar-refractivity contribution in [3.8, 4) is 0 Å². The number of ether oxygens (including phenoxy) is 2. The second kappa shape index (κ2) is 9.82. The van der Waals surface area contributed by atoms with Crippen LogP contribution < -0.4 is 16.0 Å². The summed E-state index contributed by atoms with van der Waals surface area (Å²) >= 11 is 11.5. The van der Waals surface area contributed by atoms with E-state index in [2.05, 4.69) is 16.0 Å². The summed E-state index contributed by atoms with van der Waals surface area (Å²) in [6, 6.07) is 6.58. The Morgan fingerprint density at radius 3 is 2.48 bits per heavy atom. The normalized spacial score (nSPS) is 21.3. The first kappa shape index (κ1) is 21.3. The predicted octanol–water partition coefficient (Wildman–Crippen LogP) is 2.34. The van der Waals surface area contributed by atoms with Gasteiger partial charge in [-0.05, 0) is 54.7 Å². The van der Waals surface area contributed by atoms with Crippen LogP contribution in [0.5, 0.6) is 0 Å². The van der Waals surface area contributed by atoms with Crippen LogP contribution in [0, 0.1) is 0 Å². The number of hydrogen-bond acceptors (Lipinski definition) is 5. The zero-order valence-electron chi connectivity index (χ0n) is 15.0. The molecular formula is C18H22ClN3O4S. The Morgan fingerprint density at radius 2 is 1.93 bits per heavy atom. The Balaban J connectivity index is 2.05. The Hall–Kier alpha value is -1.97. The number of nitrogens with one attached hydrogen (secondary N) is 3. The van der Waals surface area contributed by atoms with Crippen molar-refractivity contribution >= 4 is 46.2 Å². The fourth-order valence-corrected chi connectivity index (χ4v) is 2.95. The maximum atomic E-state index is 11.1. The van der Waals surface area contributed by atoms with Gasteiger partial charge in [-0.25, -0.2) is 0 Å². The number of allylic oxidation sites excluding steroid dienone is 2. The number of anilines is 2. The van der Waals surface area contributed by atoms with Gasteiger partial charge in [0.05, 0.1) is 13.2 Å². The third-order valence-corrected chi connectivity index (χ3v) is 4.19. The van der Waals surface area contributed by atoms with E-state index in [1.165, 1.54) is 14.0 Å². The average Bonchev–Trinajstić information content (AvgIpc) is 2.63. The number of benzene rings is 1. The standard InChI is InChI=1S/C18H22ClN3O4S/c1-12(24)20-14-3-5-15(6-4-14)21-17(27)22-16-11-13(19)7-8-18(16,25-2)26-10-9-23/h3-8,11,16,23H,9-10H2,1-2H3,(H,20,24)(H2,21,22,27). The summed E-state index contributed by atoms with van der Waals surface area (Å²) in [7, 11) is 1.50. The largest absolute Gasteiger partial charge is 0.394 e. The van der Waals surface area contributed by atoms with Crippen LogP contribution in [0.1, 0.15) is 6.92 Å². The molecule has 146 valence electrons. The number of amides is 1. The van der Waals surface area contributed by atoms with Crippen LogP contribution >= 0.6 is 23.8 Å². The van der Waals surface area contributed by atoms with Crippen molar-refractivity contribution in [3.63, 3.8) is 0 Å². The monoisotopic (exact) mass is 411 g/mol. The van der Waals surface area contributed by atoms with E-state index in [0.29, 0.717) is 15.8 Å². The molecule has 0 fully saturated rings. The molecule has 0 saturated heterocycles. The summed E-state index contributed by atoms with van der Waals surface area (Å²) in [6.45, 7) is 1.39. The maximum absolute atomic E-state index is 11.1. The van der Waals surface area contributed by atoms with E-state index in [1.807, 2.05) is 0 Å². The van der Waals surface area contributed by atoms with Gasteiger partial charge in [0.25, 0.3) is 0 Å². The van der Waals surface area contributed by atoms with Crippen molar-refractivity contribution in [1.29, 1.82) is 0 Å². The van der Waals surface area contributed by atoms with Crippen LogP contribution in [0.15, 0.2) is 47.5 Å². The molecular weight excluding hydrogens is 390 g/mol. The number of aliphatic hydroxyl groups excluding tert-OH is 1. The molecule has 1 aromatic carbocycles. The lowest BCUT2D eigenvalue weighted by Crippen LogP contribution is -2.55. The van der Waals surface area contributed by atoms with Gasteiger partial charge in [-0.15, -0.1) is 0 Å². The first-order valence-corrected chi connectivity index (χ1v) is 8.99. The molecule has 1 aromatic rings. The predicted molar refractivity (Wildman–Crippen MR) is 110 cm³/mol. The second-order valence-corrected chi connectivity index (χ2v) is 6.56. The van der Waals surface area contributed by atoms with E-state index in [4.69, 9.17) is 38.4 Å². The van der Waals surface area contributed by atoms with Crippen LogP contribution in [0.3, 0.4) is 0 Å². The average molecular weight is 412 g/mol. The maximum Gasteiger partial charge on any atom is 0.221 e. The molecule has 0 saturated carbocycles. The Bertz CT molecular complexity index is 739. The number of carbonyl (C=O) groups is 1. The second-order valence-electron chi connectivity index (χ2n) is 5.72. The number of thiocarbonyl (C=S) groups is 1. The molecule has 1 aliphatic rings. The van der Waals surface area contributed by atoms with Gasteiger partial charge in [-0.1, -0.05) is 11.6 Å². The topological polar surface area (TPSA) is 91.8 Å². The fraction of sp³-hybridized carbons (Fsp3) is 0.333. The summed E-state index contributed by atoms with van der Waals surface area (Å²) in [5, 5.41) is 18.8. The van der Waals surface area contributed by atoms with Crippen molar-refractivity contribution < 1.29 is 19.4 Å². The summed E-state index contributed by atoms with van der Waals surface area (Å²) in [4.78, 5) is 11.1. The molecule has 1 aliphatic carbocycles. The molecule has 0 spiro atoms. The molecule has 9 heteroatoms. The van der Waals surface area contributed by atoms with E-state index >= 15 is 0 Å². The molecule has 2 unspecified atom stereocenters. The molecule has 1 amide bonds. The fourth-order valence-electron chi connectivity index (χ4n) is 2.52. The number of halogens is 1. The lowest BCUT2D eigenvalue weighted by atomic mass is 10.0. The third-order valence-electron chi connectivity index (χ3n) is 3.72. The number of rotatable bonds is 7. The Labute approximate surface area is 168 Å². The van der Waals surface area contributed by atoms with Crippen molar-refractivity contribution in [2.24, 2.45) is 0 Å². The van der Waals surface area contributed by atoms with E-state index in [-0.39, 0.29) is 19.1 Å². The first-order valence-electron chi connectivity index (χ1n) is 8.20. The van der Waals surface area contributed by atoms with Gasteiger partial charge in [-0.3, -0.25) is 4.79 Å². The summed E-state index contributed by atoms with van der Waals surface area (Å²) in [6.07, 6.45) is 5.06. The third kappa shape index (κ3) is 6.02. The van der Waals surface area contributed by atoms with Gasteiger partial charge in [-0.2, -0.15) is 0 Å². The van der Waals surface area contributed by atoms with E-state index in [1.54, 1.807) is 42.5 Å². The Morgan fingerprint density at radius 1 is 1.30 bits per heavy atom. The molecule has 0 bridgehead atoms. The van der Waals surface area contributed by atoms with Crippen LogP contribution in [0.4, 0.5) is 11.4 Å². The molecule has 7 nitrogen and oxygen atoms in total. The van der Waals surface area contributed by atoms with Gasteiger partial charge in [0.1, 0.15) is 6.04 Å². The number of aliphatic hydroxyl groups is 1. The summed E-state index contributed by atoms with van der Waals surface area (Å²) in [5.74, 6) is -1.29. The van der Waals surface area contributed by atoms with Gasteiger partial charge in [0.2, 0.25) is 11.7 Å². The van der Waals surface area contributed by atoms with Crippen molar-refractivity contribution in [2.75, 3.05) is 31.0 Å². The minimum absolute atomic E-state index is 0.0899. The van der Waals surface area contributed by atoms with E-state index in [0.717, 1.165) is 5.69 Å². The Kier molecular flexibility index (Phi) is 7.76. The molecule has 0 aromatic heterocycles. The summed E-state index contributed by atoms with van der Waals surface area (Å²) < 4.78 is 11.2. The zero-order chi connectivity index (χ0) is 19.9. The van der Waals surface area contributed by atoms with E-state index in [9.17, 15) is 4.79 Å². The zero-order valence-corrected chi connectivity index (χ0v) is 16.6. The van der Waals surface area contributed by atoms with Crippen LogP contribution in [0.2, 0.25) is 0 Å². The molecule has 2 rings (SSSR count). The lowest BCUT2D eigenvalue weighted by Gasteiger charge is -2.38. The minimum Gasteiger partial charge on any atom is -0.394 e. The van der Waals surface area contributed by atoms with Crippen molar-refractivity contribution in [3.05, 3.63) is 47.5 Å². The quantitative estimate of drug-likeness (QED) is 0.404. The highest BCUT2D eigenvalue weighted by Crippen LogP contribution is 2.28. The van der Waals surface area contributed by atoms with Gasteiger partial charge < -0.3 is 30.5 Å². The molecule has 0 heterocycles. The van der Waals surface area contributed by atoms with Crippen LogP contribution in [-0.2, 0) is 14.3 Å². The minimum atomic E-state index is -1.15. The highest BCUT2D eigenvalue weighted by atomic mass is 35.5. The highest BCUT2D eigenvalue weighted by Gasteiger charge is 2.39. The van der Waals surface area contributed by atoms with Gasteiger partial charge in [0, 0.05) is 30.4 Å². The first-order chi connectivity index (χ1) is 12.9. The molecule has 4 N–H and O–H groups in total. The molecule has 0 aliphatic heterocycles. The lowest BCUT2D eigenvalue weighted by molar-refractivity contribution is -0.201. The van der Waals surface area contributed by atoms with Gasteiger partial charge in [0.15, 0.2) is 5.11 Å². The van der Waals surface area contributed by atoms with E-state index < -0.39 is 11.8 Å². The highest BCUT2D eigenvalue weighted by molar-refractivity contribution is 7.80. The van der Waals surface area contributed by atoms with Crippen molar-refractivity contribution in [2.45, 2.75) is 18.8 Å². The molecule has 27 heavy (non-hydrogen) atoms. The van der Waals surface area contributed by atoms with Crippen LogP contribution in [-0.4, -0.2) is 48.3 Å². The number of carbonyl (C=O) groups excluding carboxylic acids is 1. The number of hydrogen-bond donors (Lipinski definition) is 4.